The number of sulfonamides is 1. The molecule has 0 spiro atoms. The number of amides is 1. The number of fused-ring (bicyclic) bond motifs is 1. The summed E-state index contributed by atoms with van der Waals surface area (Å²) in [5.74, 6) is 0.927. The summed E-state index contributed by atoms with van der Waals surface area (Å²) in [7, 11) is -3.82. The Morgan fingerprint density at radius 3 is 2.50 bits per heavy atom. The lowest BCUT2D eigenvalue weighted by Crippen LogP contribution is -2.30. The van der Waals surface area contributed by atoms with Crippen LogP contribution in [0.25, 0.3) is 10.2 Å². The summed E-state index contributed by atoms with van der Waals surface area (Å²) in [5, 5.41) is 0.925. The van der Waals surface area contributed by atoms with E-state index in [9.17, 15) is 13.2 Å². The van der Waals surface area contributed by atoms with Crippen LogP contribution in [0.3, 0.4) is 0 Å². The topological polar surface area (TPSA) is 102 Å². The number of thiazole rings is 1. The van der Waals surface area contributed by atoms with Crippen molar-refractivity contribution >= 4 is 59.9 Å². The second-order valence-electron chi connectivity index (χ2n) is 8.14. The fourth-order valence-electron chi connectivity index (χ4n) is 3.75. The Morgan fingerprint density at radius 1 is 1.05 bits per heavy atom. The fourth-order valence-corrected chi connectivity index (χ4v) is 5.91. The van der Waals surface area contributed by atoms with Crippen molar-refractivity contribution in [2.45, 2.75) is 18.4 Å². The van der Waals surface area contributed by atoms with Crippen LogP contribution in [0.4, 0.5) is 10.8 Å². The molecule has 2 aromatic heterocycles. The monoisotopic (exact) mass is 567 g/mol. The number of rotatable bonds is 9. The summed E-state index contributed by atoms with van der Waals surface area (Å²) in [5.41, 5.74) is 1.35. The highest BCUT2D eigenvalue weighted by Crippen LogP contribution is 2.35. The molecule has 38 heavy (non-hydrogen) atoms. The minimum absolute atomic E-state index is 0.0777. The van der Waals surface area contributed by atoms with E-state index in [4.69, 9.17) is 25.7 Å². The number of aromatic nitrogens is 1. The maximum atomic E-state index is 13.7. The molecule has 0 aliphatic heterocycles. The van der Waals surface area contributed by atoms with Crippen LogP contribution in [0.5, 0.6) is 5.75 Å². The third kappa shape index (κ3) is 5.52. The van der Waals surface area contributed by atoms with E-state index in [2.05, 4.69) is 4.72 Å². The largest absolute Gasteiger partial charge is 0.492 e. The number of hydrogen-bond acceptors (Lipinski definition) is 7. The number of furan rings is 1. The molecule has 5 aromatic rings. The van der Waals surface area contributed by atoms with Gasteiger partial charge in [0.25, 0.3) is 15.9 Å². The van der Waals surface area contributed by atoms with Crippen LogP contribution in [0.15, 0.2) is 94.4 Å². The lowest BCUT2D eigenvalue weighted by molar-refractivity contribution is 0.0983. The number of nitrogens with one attached hydrogen (secondary N) is 1. The highest BCUT2D eigenvalue weighted by atomic mass is 35.5. The molecule has 194 valence electrons. The highest BCUT2D eigenvalue weighted by Gasteiger charge is 2.24. The van der Waals surface area contributed by atoms with Crippen LogP contribution in [0, 0.1) is 0 Å². The quantitative estimate of drug-likeness (QED) is 0.216. The van der Waals surface area contributed by atoms with Gasteiger partial charge in [-0.1, -0.05) is 29.0 Å². The average Bonchev–Trinajstić information content (AvgIpc) is 3.58. The molecule has 0 fully saturated rings. The molecular formula is C27H22ClN3O5S2. The zero-order chi connectivity index (χ0) is 26.7. The highest BCUT2D eigenvalue weighted by molar-refractivity contribution is 7.92. The first kappa shape index (κ1) is 25.8. The van der Waals surface area contributed by atoms with Crippen molar-refractivity contribution in [1.82, 2.24) is 4.98 Å². The Kier molecular flexibility index (Phi) is 7.37. The lowest BCUT2D eigenvalue weighted by atomic mass is 10.2. The first-order valence-electron chi connectivity index (χ1n) is 11.6. The number of benzene rings is 3. The molecule has 0 aliphatic rings. The minimum Gasteiger partial charge on any atom is -0.492 e. The van der Waals surface area contributed by atoms with Crippen molar-refractivity contribution in [2.24, 2.45) is 0 Å². The van der Waals surface area contributed by atoms with E-state index in [0.717, 1.165) is 4.70 Å². The normalized spacial score (nSPS) is 11.4. The standard InChI is InChI=1S/C27H22ClN3O5S2/c1-2-35-23-6-3-7-24-25(23)29-27(37-24)31(17-21-5-4-16-36-21)26(32)18-8-12-20(13-9-18)30-38(33,34)22-14-10-19(28)11-15-22/h3-16,30H,2,17H2,1H3. The fraction of sp³-hybridized carbons (Fsp3) is 0.111. The summed E-state index contributed by atoms with van der Waals surface area (Å²) in [6.45, 7) is 2.56. The second-order valence-corrected chi connectivity index (χ2v) is 11.3. The molecule has 3 aromatic carbocycles. The molecule has 8 nitrogen and oxygen atoms in total. The van der Waals surface area contributed by atoms with Crippen molar-refractivity contribution < 1.29 is 22.4 Å². The predicted molar refractivity (Wildman–Crippen MR) is 149 cm³/mol. The SMILES string of the molecule is CCOc1cccc2sc(N(Cc3ccco3)C(=O)c3ccc(NS(=O)(=O)c4ccc(Cl)cc4)cc3)nc12. The number of carbonyl (C=O) groups is 1. The van der Waals surface area contributed by atoms with Crippen LogP contribution < -0.4 is 14.4 Å². The van der Waals surface area contributed by atoms with E-state index < -0.39 is 10.0 Å². The number of nitrogens with zero attached hydrogens (tertiary/aromatic N) is 2. The smallest absolute Gasteiger partial charge is 0.261 e. The van der Waals surface area contributed by atoms with Gasteiger partial charge in [-0.25, -0.2) is 13.4 Å². The van der Waals surface area contributed by atoms with Crippen LogP contribution in [-0.2, 0) is 16.6 Å². The minimum atomic E-state index is -3.82. The molecular weight excluding hydrogens is 546 g/mol. The maximum Gasteiger partial charge on any atom is 0.261 e. The average molecular weight is 568 g/mol. The van der Waals surface area contributed by atoms with Crippen molar-refractivity contribution in [3.8, 4) is 5.75 Å². The molecule has 1 N–H and O–H groups in total. The third-order valence-corrected chi connectivity index (χ3v) is 8.24. The first-order valence-corrected chi connectivity index (χ1v) is 14.3. The van der Waals surface area contributed by atoms with Crippen LogP contribution in [-0.4, -0.2) is 25.9 Å². The molecule has 11 heteroatoms. The van der Waals surface area contributed by atoms with Crippen LogP contribution in [0.1, 0.15) is 23.0 Å². The Morgan fingerprint density at radius 2 is 1.82 bits per heavy atom. The number of halogens is 1. The van der Waals surface area contributed by atoms with E-state index in [1.54, 1.807) is 30.5 Å². The van der Waals surface area contributed by atoms with E-state index in [0.29, 0.717) is 45.0 Å². The summed E-state index contributed by atoms with van der Waals surface area (Å²) >= 11 is 7.23. The summed E-state index contributed by atoms with van der Waals surface area (Å²) in [4.78, 5) is 20.0. The summed E-state index contributed by atoms with van der Waals surface area (Å²) in [6.07, 6.45) is 1.55. The van der Waals surface area contributed by atoms with E-state index in [-0.39, 0.29) is 17.3 Å². The Balaban J connectivity index is 1.43. The van der Waals surface area contributed by atoms with Crippen molar-refractivity contribution in [3.63, 3.8) is 0 Å². The Bertz CT molecular complexity index is 1670. The number of anilines is 2. The van der Waals surface area contributed by atoms with Gasteiger partial charge in [0, 0.05) is 16.3 Å². The molecule has 0 radical (unpaired) electrons. The summed E-state index contributed by atoms with van der Waals surface area (Å²) in [6, 6.07) is 21.3. The van der Waals surface area contributed by atoms with Crippen molar-refractivity contribution in [3.05, 3.63) is 101 Å². The summed E-state index contributed by atoms with van der Waals surface area (Å²) < 4.78 is 40.0. The van der Waals surface area contributed by atoms with Gasteiger partial charge in [0.15, 0.2) is 5.13 Å². The van der Waals surface area contributed by atoms with Gasteiger partial charge in [0.05, 0.1) is 29.0 Å². The van der Waals surface area contributed by atoms with Crippen LogP contribution >= 0.6 is 22.9 Å². The van der Waals surface area contributed by atoms with Gasteiger partial charge in [0.2, 0.25) is 0 Å². The molecule has 0 saturated heterocycles. The van der Waals surface area contributed by atoms with E-state index in [1.807, 2.05) is 25.1 Å². The second kappa shape index (κ2) is 10.9. The predicted octanol–water partition coefficient (Wildman–Crippen LogP) is 6.59. The molecule has 0 unspecified atom stereocenters. The van der Waals surface area contributed by atoms with E-state index in [1.165, 1.54) is 52.6 Å². The zero-order valence-corrected chi connectivity index (χ0v) is 22.5. The molecule has 2 heterocycles. The maximum absolute atomic E-state index is 13.7. The van der Waals surface area contributed by atoms with Gasteiger partial charge in [0.1, 0.15) is 17.0 Å². The molecule has 1 amide bonds. The molecule has 0 saturated carbocycles. The number of para-hydroxylation sites is 1. The van der Waals surface area contributed by atoms with Crippen LogP contribution in [0.2, 0.25) is 5.02 Å². The van der Waals surface area contributed by atoms with Gasteiger partial charge in [-0.05, 0) is 79.7 Å². The third-order valence-electron chi connectivity index (χ3n) is 5.55. The van der Waals surface area contributed by atoms with Gasteiger partial charge < -0.3 is 9.15 Å². The van der Waals surface area contributed by atoms with E-state index >= 15 is 0 Å². The number of ether oxygens (including phenoxy) is 1. The number of hydrogen-bond donors (Lipinski definition) is 1. The Hall–Kier alpha value is -3.86. The van der Waals surface area contributed by atoms with Gasteiger partial charge in [-0.2, -0.15) is 0 Å². The molecule has 0 aliphatic carbocycles. The van der Waals surface area contributed by atoms with Gasteiger partial charge in [-0.15, -0.1) is 0 Å². The first-order chi connectivity index (χ1) is 18.3. The van der Waals surface area contributed by atoms with Gasteiger partial charge in [-0.3, -0.25) is 14.4 Å². The number of carbonyl (C=O) groups excluding carboxylic acids is 1. The van der Waals surface area contributed by atoms with Crippen molar-refractivity contribution in [1.29, 1.82) is 0 Å². The van der Waals surface area contributed by atoms with Crippen molar-refractivity contribution in [2.75, 3.05) is 16.2 Å². The molecule has 0 atom stereocenters. The molecule has 5 rings (SSSR count). The lowest BCUT2D eigenvalue weighted by Gasteiger charge is -2.19. The zero-order valence-electron chi connectivity index (χ0n) is 20.1. The van der Waals surface area contributed by atoms with Gasteiger partial charge >= 0.3 is 0 Å². The molecule has 0 bridgehead atoms. The Labute approximate surface area is 228 Å².